The first-order chi connectivity index (χ1) is 25.3. The van der Waals surface area contributed by atoms with Gasteiger partial charge in [0.2, 0.25) is 0 Å². The molecule has 0 unspecified atom stereocenters. The Morgan fingerprint density at radius 1 is 0.569 bits per heavy atom. The van der Waals surface area contributed by atoms with Gasteiger partial charge in [0.05, 0.1) is 16.6 Å². The average Bonchev–Trinajstić information content (AvgIpc) is 3.47. The molecule has 1 N–H and O–H groups in total. The number of allylic oxidation sites excluding steroid dienone is 11. The molecule has 51 heavy (non-hydrogen) atoms. The molecule has 0 radical (unpaired) electrons. The van der Waals surface area contributed by atoms with Crippen LogP contribution in [0, 0.1) is 0 Å². The lowest BCUT2D eigenvalue weighted by molar-refractivity contribution is 1.05. The Bertz CT molecular complexity index is 2560. The number of nitrogens with zero attached hydrogens (tertiary/aromatic N) is 2. The highest BCUT2D eigenvalue weighted by Gasteiger charge is 2.23. The number of fused-ring (bicyclic) bond motifs is 5. The fraction of sp³-hybridized carbons (Fsp3) is 0.0417. The van der Waals surface area contributed by atoms with Gasteiger partial charge in [-0.3, -0.25) is 0 Å². The Labute approximate surface area is 298 Å². The fourth-order valence-corrected chi connectivity index (χ4v) is 7.42. The molecule has 1 aromatic heterocycles. The van der Waals surface area contributed by atoms with Gasteiger partial charge in [0, 0.05) is 51.9 Å². The second kappa shape index (κ2) is 13.4. The van der Waals surface area contributed by atoms with Crippen molar-refractivity contribution >= 4 is 39.6 Å². The lowest BCUT2D eigenvalue weighted by Crippen LogP contribution is -2.31. The molecule has 3 aliphatic rings. The molecule has 0 fully saturated rings. The van der Waals surface area contributed by atoms with Gasteiger partial charge in [-0.25, -0.2) is 0 Å². The van der Waals surface area contributed by atoms with E-state index in [2.05, 4.69) is 209 Å². The summed E-state index contributed by atoms with van der Waals surface area (Å²) in [5, 5.41) is 7.30. The Morgan fingerprint density at radius 3 is 2.02 bits per heavy atom. The largest absolute Gasteiger partial charge is 0.359 e. The lowest BCUT2D eigenvalue weighted by atomic mass is 10.0. The van der Waals surface area contributed by atoms with E-state index in [4.69, 9.17) is 0 Å². The number of para-hydroxylation sites is 3. The molecule has 244 valence electrons. The van der Waals surface area contributed by atoms with Crippen LogP contribution in [-0.4, -0.2) is 4.57 Å². The van der Waals surface area contributed by atoms with Gasteiger partial charge in [-0.05, 0) is 89.0 Å². The van der Waals surface area contributed by atoms with Gasteiger partial charge in [-0.1, -0.05) is 127 Å². The number of benzene rings is 5. The molecular weight excluding hydrogens is 619 g/mol. The summed E-state index contributed by atoms with van der Waals surface area (Å²) in [6, 6.07) is 48.0. The van der Waals surface area contributed by atoms with E-state index in [0.29, 0.717) is 0 Å². The smallest absolute Gasteiger partial charge is 0.0577 e. The van der Waals surface area contributed by atoms with Crippen molar-refractivity contribution in [1.82, 2.24) is 4.57 Å². The quantitative estimate of drug-likeness (QED) is 0.185. The molecule has 0 amide bonds. The Kier molecular flexibility index (Phi) is 7.99. The minimum absolute atomic E-state index is 0.820. The Hall–Kier alpha value is -6.58. The van der Waals surface area contributed by atoms with E-state index in [1.807, 2.05) is 0 Å². The summed E-state index contributed by atoms with van der Waals surface area (Å²) in [7, 11) is 0. The SMILES string of the molecule is C1=CC=C(Nc2ccc(-c3ccc(N(C4=C5C=CC=CC(=c6c(c7ccccc7n6-c6ccccc6)=C4)C5)c4ccccc4)cc3)cc2)CC=C1. The van der Waals surface area contributed by atoms with E-state index in [-0.39, 0.29) is 0 Å². The minimum Gasteiger partial charge on any atom is -0.359 e. The molecule has 6 aromatic rings. The highest BCUT2D eigenvalue weighted by Crippen LogP contribution is 2.37. The average molecular weight is 656 g/mol. The van der Waals surface area contributed by atoms with E-state index in [1.54, 1.807) is 0 Å². The monoisotopic (exact) mass is 655 g/mol. The third kappa shape index (κ3) is 5.89. The standard InChI is InChI=1S/C48H37N3/c1-2-6-18-39(17-5-1)49-40-29-25-35(26-30-40)36-27-31-43(32-28-36)50(41-19-7-3-8-20-41)47-34-45-44-23-13-14-24-46(44)51(42-21-9-4-10-22-42)48(45)38-16-12-11-15-37(47)33-38/h1-17,19-32,34,49H,18,33H2. The summed E-state index contributed by atoms with van der Waals surface area (Å²) < 4.78 is 2.44. The maximum atomic E-state index is 3.56. The molecular formula is C48H37N3. The van der Waals surface area contributed by atoms with Gasteiger partial charge in [0.25, 0.3) is 0 Å². The number of rotatable bonds is 7. The molecule has 0 saturated heterocycles. The second-order valence-electron chi connectivity index (χ2n) is 13.1. The summed E-state index contributed by atoms with van der Waals surface area (Å²) in [6.07, 6.45) is 23.6. The van der Waals surface area contributed by atoms with Crippen molar-refractivity contribution in [3.05, 3.63) is 216 Å². The van der Waals surface area contributed by atoms with Gasteiger partial charge in [0.15, 0.2) is 0 Å². The topological polar surface area (TPSA) is 20.2 Å². The van der Waals surface area contributed by atoms with Crippen molar-refractivity contribution in [2.75, 3.05) is 10.2 Å². The summed E-state index contributed by atoms with van der Waals surface area (Å²) >= 11 is 0. The predicted molar refractivity (Wildman–Crippen MR) is 215 cm³/mol. The van der Waals surface area contributed by atoms with Crippen LogP contribution in [0.3, 0.4) is 0 Å². The molecule has 1 heterocycles. The minimum atomic E-state index is 0.820. The predicted octanol–water partition coefficient (Wildman–Crippen LogP) is 10.7. The molecule has 0 aliphatic heterocycles. The first-order valence-electron chi connectivity index (χ1n) is 17.6. The summed E-state index contributed by atoms with van der Waals surface area (Å²) in [6.45, 7) is 0. The zero-order valence-electron chi connectivity index (χ0n) is 28.3. The molecule has 9 rings (SSSR count). The number of aromatic nitrogens is 1. The fourth-order valence-electron chi connectivity index (χ4n) is 7.42. The number of hydrogen-bond donors (Lipinski definition) is 1. The third-order valence-electron chi connectivity index (χ3n) is 9.83. The van der Waals surface area contributed by atoms with Crippen molar-refractivity contribution in [3.8, 4) is 16.8 Å². The number of hydrogen-bond acceptors (Lipinski definition) is 2. The lowest BCUT2D eigenvalue weighted by Gasteiger charge is -2.28. The van der Waals surface area contributed by atoms with Crippen LogP contribution in [0.2, 0.25) is 0 Å². The van der Waals surface area contributed by atoms with Crippen LogP contribution in [0.25, 0.3) is 39.4 Å². The van der Waals surface area contributed by atoms with Gasteiger partial charge < -0.3 is 14.8 Å². The van der Waals surface area contributed by atoms with Crippen LogP contribution >= 0.6 is 0 Å². The van der Waals surface area contributed by atoms with Gasteiger partial charge in [0.1, 0.15) is 0 Å². The number of anilines is 3. The molecule has 3 nitrogen and oxygen atoms in total. The maximum absolute atomic E-state index is 3.56. The van der Waals surface area contributed by atoms with Gasteiger partial charge in [-0.2, -0.15) is 0 Å². The second-order valence-corrected chi connectivity index (χ2v) is 13.1. The van der Waals surface area contributed by atoms with Crippen LogP contribution in [0.4, 0.5) is 17.1 Å². The van der Waals surface area contributed by atoms with E-state index < -0.39 is 0 Å². The summed E-state index contributed by atoms with van der Waals surface area (Å²) in [5.74, 6) is 0. The summed E-state index contributed by atoms with van der Waals surface area (Å²) in [5.41, 5.74) is 13.0. The molecule has 3 aliphatic carbocycles. The first kappa shape index (κ1) is 30.5. The van der Waals surface area contributed by atoms with Crippen molar-refractivity contribution < 1.29 is 0 Å². The highest BCUT2D eigenvalue weighted by molar-refractivity contribution is 5.89. The van der Waals surface area contributed by atoms with Gasteiger partial charge >= 0.3 is 0 Å². The van der Waals surface area contributed by atoms with Crippen LogP contribution in [0.5, 0.6) is 0 Å². The van der Waals surface area contributed by atoms with Crippen LogP contribution < -0.4 is 20.8 Å². The Balaban J connectivity index is 1.16. The van der Waals surface area contributed by atoms with Crippen molar-refractivity contribution in [2.45, 2.75) is 12.8 Å². The van der Waals surface area contributed by atoms with Crippen molar-refractivity contribution in [3.63, 3.8) is 0 Å². The van der Waals surface area contributed by atoms with Crippen LogP contribution in [0.15, 0.2) is 205 Å². The molecule has 3 heteroatoms. The zero-order chi connectivity index (χ0) is 34.0. The van der Waals surface area contributed by atoms with E-state index in [0.717, 1.165) is 29.9 Å². The van der Waals surface area contributed by atoms with E-state index >= 15 is 0 Å². The van der Waals surface area contributed by atoms with Crippen molar-refractivity contribution in [1.29, 1.82) is 0 Å². The van der Waals surface area contributed by atoms with E-state index in [9.17, 15) is 0 Å². The first-order valence-corrected chi connectivity index (χ1v) is 17.6. The van der Waals surface area contributed by atoms with Crippen molar-refractivity contribution in [2.24, 2.45) is 0 Å². The normalized spacial score (nSPS) is 14.7. The highest BCUT2D eigenvalue weighted by atomic mass is 15.1. The maximum Gasteiger partial charge on any atom is 0.0577 e. The van der Waals surface area contributed by atoms with Gasteiger partial charge in [-0.15, -0.1) is 0 Å². The molecule has 0 atom stereocenters. The molecule has 0 saturated carbocycles. The molecule has 0 spiro atoms. The molecule has 2 bridgehead atoms. The summed E-state index contributed by atoms with van der Waals surface area (Å²) in [4.78, 5) is 2.42. The third-order valence-corrected chi connectivity index (χ3v) is 9.83. The molecule has 5 aromatic carbocycles. The van der Waals surface area contributed by atoms with Crippen LogP contribution in [-0.2, 0) is 0 Å². The zero-order valence-corrected chi connectivity index (χ0v) is 28.3. The number of nitrogens with one attached hydrogen (secondary N) is 1. The van der Waals surface area contributed by atoms with Crippen LogP contribution in [0.1, 0.15) is 12.8 Å². The Morgan fingerprint density at radius 2 is 1.24 bits per heavy atom. The van der Waals surface area contributed by atoms with E-state index in [1.165, 1.54) is 60.8 Å².